The van der Waals surface area contributed by atoms with Gasteiger partial charge in [-0.3, -0.25) is 9.80 Å². The van der Waals surface area contributed by atoms with E-state index in [1.165, 1.54) is 0 Å². The zero-order chi connectivity index (χ0) is 10.4. The Balaban J connectivity index is 2.37. The van der Waals surface area contributed by atoms with Gasteiger partial charge in [0.1, 0.15) is 0 Å². The van der Waals surface area contributed by atoms with Crippen LogP contribution in [0.3, 0.4) is 0 Å². The van der Waals surface area contributed by atoms with Crippen LogP contribution in [0.25, 0.3) is 0 Å². The van der Waals surface area contributed by atoms with Crippen molar-refractivity contribution >= 4 is 0 Å². The third-order valence-electron chi connectivity index (χ3n) is 2.96. The maximum absolute atomic E-state index is 8.91. The average Bonchev–Trinajstić information content (AvgIpc) is 2.21. The van der Waals surface area contributed by atoms with E-state index in [0.29, 0.717) is 6.04 Å². The Bertz CT molecular complexity index is 155. The van der Waals surface area contributed by atoms with Crippen LogP contribution in [0, 0.1) is 0 Å². The van der Waals surface area contributed by atoms with Gasteiger partial charge in [-0.15, -0.1) is 0 Å². The van der Waals surface area contributed by atoms with E-state index < -0.39 is 0 Å². The van der Waals surface area contributed by atoms with Crippen LogP contribution in [0.5, 0.6) is 0 Å². The number of nitrogens with zero attached hydrogens (tertiary/aromatic N) is 2. The molecule has 1 fully saturated rings. The van der Waals surface area contributed by atoms with E-state index in [4.69, 9.17) is 10.2 Å². The fourth-order valence-corrected chi connectivity index (χ4v) is 2.11. The number of β-amino-alcohol motifs (C(OH)–C–C–N with tert-alkyl or cyclic N) is 2. The quantitative estimate of drug-likeness (QED) is 0.623. The summed E-state index contributed by atoms with van der Waals surface area (Å²) >= 11 is 0. The lowest BCUT2D eigenvalue weighted by atomic mass is 10.1. The van der Waals surface area contributed by atoms with E-state index in [0.717, 1.165) is 39.1 Å². The summed E-state index contributed by atoms with van der Waals surface area (Å²) in [5.41, 5.74) is 0. The van der Waals surface area contributed by atoms with Crippen LogP contribution in [0.15, 0.2) is 0 Å². The average molecular weight is 202 g/mol. The van der Waals surface area contributed by atoms with Crippen LogP contribution in [-0.4, -0.2) is 72.0 Å². The van der Waals surface area contributed by atoms with Gasteiger partial charge in [0, 0.05) is 38.8 Å². The van der Waals surface area contributed by atoms with Crippen molar-refractivity contribution in [2.24, 2.45) is 0 Å². The van der Waals surface area contributed by atoms with Gasteiger partial charge in [0.15, 0.2) is 0 Å². The third-order valence-corrected chi connectivity index (χ3v) is 2.96. The zero-order valence-electron chi connectivity index (χ0n) is 9.02. The first-order valence-corrected chi connectivity index (χ1v) is 5.50. The molecule has 1 unspecified atom stereocenters. The molecule has 1 aliphatic rings. The monoisotopic (exact) mass is 202 g/mol. The van der Waals surface area contributed by atoms with Crippen molar-refractivity contribution in [3.63, 3.8) is 0 Å². The van der Waals surface area contributed by atoms with Gasteiger partial charge in [-0.1, -0.05) is 6.92 Å². The Morgan fingerprint density at radius 2 is 1.86 bits per heavy atom. The molecule has 0 aromatic heterocycles. The third kappa shape index (κ3) is 3.20. The molecule has 4 heteroatoms. The molecule has 1 aliphatic heterocycles. The summed E-state index contributed by atoms with van der Waals surface area (Å²) in [5.74, 6) is 0. The first kappa shape index (κ1) is 11.9. The van der Waals surface area contributed by atoms with Crippen molar-refractivity contribution in [2.75, 3.05) is 45.9 Å². The Kier molecular flexibility index (Phi) is 5.40. The molecule has 1 rings (SSSR count). The van der Waals surface area contributed by atoms with Crippen LogP contribution in [0.4, 0.5) is 0 Å². The molecule has 0 aliphatic carbocycles. The van der Waals surface area contributed by atoms with E-state index in [2.05, 4.69) is 16.7 Å². The van der Waals surface area contributed by atoms with Gasteiger partial charge in [-0.25, -0.2) is 0 Å². The standard InChI is InChI=1S/C10H22N2O2/c1-2-10-9-11(5-7-13)3-4-12(10)6-8-14/h10,13-14H,2-9H2,1H3. The second kappa shape index (κ2) is 6.35. The summed E-state index contributed by atoms with van der Waals surface area (Å²) in [4.78, 5) is 4.63. The summed E-state index contributed by atoms with van der Waals surface area (Å²) in [5, 5.41) is 17.8. The molecule has 2 N–H and O–H groups in total. The predicted octanol–water partition coefficient (Wildman–Crippen LogP) is -0.633. The maximum atomic E-state index is 8.91. The molecule has 4 nitrogen and oxygen atoms in total. The van der Waals surface area contributed by atoms with Gasteiger partial charge in [0.25, 0.3) is 0 Å². The Morgan fingerprint density at radius 1 is 1.14 bits per heavy atom. The van der Waals surface area contributed by atoms with E-state index in [-0.39, 0.29) is 13.2 Å². The van der Waals surface area contributed by atoms with Crippen molar-refractivity contribution in [2.45, 2.75) is 19.4 Å². The molecule has 0 radical (unpaired) electrons. The number of hydrogen-bond donors (Lipinski definition) is 2. The minimum absolute atomic E-state index is 0.246. The Hall–Kier alpha value is -0.160. The molecule has 84 valence electrons. The van der Waals surface area contributed by atoms with Crippen LogP contribution >= 0.6 is 0 Å². The molecule has 0 aromatic rings. The van der Waals surface area contributed by atoms with Crippen molar-refractivity contribution in [1.29, 1.82) is 0 Å². The first-order valence-electron chi connectivity index (χ1n) is 5.50. The lowest BCUT2D eigenvalue weighted by Crippen LogP contribution is -2.54. The van der Waals surface area contributed by atoms with E-state index in [9.17, 15) is 0 Å². The molecular weight excluding hydrogens is 180 g/mol. The highest BCUT2D eigenvalue weighted by atomic mass is 16.3. The molecular formula is C10H22N2O2. The van der Waals surface area contributed by atoms with Crippen molar-refractivity contribution in [3.8, 4) is 0 Å². The fourth-order valence-electron chi connectivity index (χ4n) is 2.11. The van der Waals surface area contributed by atoms with Crippen molar-refractivity contribution < 1.29 is 10.2 Å². The molecule has 0 spiro atoms. The molecule has 0 amide bonds. The minimum atomic E-state index is 0.246. The number of rotatable bonds is 5. The number of aliphatic hydroxyl groups is 2. The minimum Gasteiger partial charge on any atom is -0.395 e. The van der Waals surface area contributed by atoms with Gasteiger partial charge in [0.05, 0.1) is 13.2 Å². The molecule has 0 aromatic carbocycles. The SMILES string of the molecule is CCC1CN(CCO)CCN1CCO. The summed E-state index contributed by atoms with van der Waals surface area (Å²) in [6.07, 6.45) is 1.11. The smallest absolute Gasteiger partial charge is 0.0558 e. The second-order valence-electron chi connectivity index (χ2n) is 3.85. The highest BCUT2D eigenvalue weighted by Crippen LogP contribution is 2.11. The largest absolute Gasteiger partial charge is 0.395 e. The Morgan fingerprint density at radius 3 is 2.43 bits per heavy atom. The summed E-state index contributed by atoms with van der Waals surface area (Å²) in [6, 6.07) is 0.544. The van der Waals surface area contributed by atoms with Gasteiger partial charge >= 0.3 is 0 Å². The van der Waals surface area contributed by atoms with Crippen molar-refractivity contribution in [3.05, 3.63) is 0 Å². The summed E-state index contributed by atoms with van der Waals surface area (Å²) in [6.45, 7) is 7.28. The van der Waals surface area contributed by atoms with E-state index in [1.807, 2.05) is 0 Å². The van der Waals surface area contributed by atoms with E-state index in [1.54, 1.807) is 0 Å². The van der Waals surface area contributed by atoms with Gasteiger partial charge in [-0.2, -0.15) is 0 Å². The molecule has 0 saturated carbocycles. The first-order chi connectivity index (χ1) is 6.81. The molecule has 1 saturated heterocycles. The lowest BCUT2D eigenvalue weighted by molar-refractivity contribution is 0.0498. The zero-order valence-corrected chi connectivity index (χ0v) is 9.02. The Labute approximate surface area is 86.1 Å². The summed E-state index contributed by atoms with van der Waals surface area (Å²) < 4.78 is 0. The normalized spacial score (nSPS) is 25.5. The number of piperazine rings is 1. The molecule has 0 bridgehead atoms. The van der Waals surface area contributed by atoms with Crippen molar-refractivity contribution in [1.82, 2.24) is 9.80 Å². The lowest BCUT2D eigenvalue weighted by Gasteiger charge is -2.40. The second-order valence-corrected chi connectivity index (χ2v) is 3.85. The fraction of sp³-hybridized carbons (Fsp3) is 1.00. The van der Waals surface area contributed by atoms with Crippen LogP contribution in [0.2, 0.25) is 0 Å². The maximum Gasteiger partial charge on any atom is 0.0558 e. The molecule has 1 atom stereocenters. The molecule has 14 heavy (non-hydrogen) atoms. The predicted molar refractivity (Wildman–Crippen MR) is 56.3 cm³/mol. The highest BCUT2D eigenvalue weighted by Gasteiger charge is 2.24. The van der Waals surface area contributed by atoms with Crippen LogP contribution in [-0.2, 0) is 0 Å². The topological polar surface area (TPSA) is 46.9 Å². The van der Waals surface area contributed by atoms with Gasteiger partial charge in [0.2, 0.25) is 0 Å². The number of hydrogen-bond acceptors (Lipinski definition) is 4. The molecule has 1 heterocycles. The van der Waals surface area contributed by atoms with Gasteiger partial charge in [-0.05, 0) is 6.42 Å². The van der Waals surface area contributed by atoms with Crippen LogP contribution < -0.4 is 0 Å². The van der Waals surface area contributed by atoms with E-state index >= 15 is 0 Å². The highest BCUT2D eigenvalue weighted by molar-refractivity contribution is 4.80. The number of aliphatic hydroxyl groups excluding tert-OH is 2. The van der Waals surface area contributed by atoms with Gasteiger partial charge < -0.3 is 10.2 Å². The van der Waals surface area contributed by atoms with Crippen LogP contribution in [0.1, 0.15) is 13.3 Å². The summed E-state index contributed by atoms with van der Waals surface area (Å²) in [7, 11) is 0.